The first-order chi connectivity index (χ1) is 9.34. The number of carbonyl (C=O) groups is 1. The molecule has 1 atom stereocenters. The lowest BCUT2D eigenvalue weighted by Crippen LogP contribution is -2.24. The smallest absolute Gasteiger partial charge is 0.330 e. The van der Waals surface area contributed by atoms with Crippen LogP contribution in [0.15, 0.2) is 34.6 Å². The molecule has 0 saturated carbocycles. The summed E-state index contributed by atoms with van der Waals surface area (Å²) >= 11 is 0. The molecule has 1 aliphatic rings. The largest absolute Gasteiger partial charge is 0.508 e. The van der Waals surface area contributed by atoms with Crippen molar-refractivity contribution in [3.8, 4) is 0 Å². The number of aliphatic hydroxyl groups is 1. The highest BCUT2D eigenvalue weighted by atomic mass is 16.4. The lowest BCUT2D eigenvalue weighted by Gasteiger charge is -2.35. The molecule has 2 N–H and O–H groups in total. The van der Waals surface area contributed by atoms with E-state index < -0.39 is 5.97 Å². The molecule has 3 heteroatoms. The molecule has 1 unspecified atom stereocenters. The molecular formula is C18H28O3. The summed E-state index contributed by atoms with van der Waals surface area (Å²) in [6.07, 6.45) is 4.46. The topological polar surface area (TPSA) is 57.5 Å². The Morgan fingerprint density at radius 3 is 2.10 bits per heavy atom. The van der Waals surface area contributed by atoms with Crippen LogP contribution in [0, 0.1) is 16.7 Å². The molecule has 0 amide bonds. The average Bonchev–Trinajstić information content (AvgIpc) is 2.27. The minimum atomic E-state index is -0.892. The molecule has 1 rings (SSSR count). The first-order valence-electron chi connectivity index (χ1n) is 7.41. The van der Waals surface area contributed by atoms with Gasteiger partial charge in [0, 0.05) is 11.5 Å². The van der Waals surface area contributed by atoms with Gasteiger partial charge in [0.25, 0.3) is 0 Å². The van der Waals surface area contributed by atoms with Gasteiger partial charge in [0.15, 0.2) is 0 Å². The monoisotopic (exact) mass is 292 g/mol. The number of carboxylic acids is 1. The van der Waals surface area contributed by atoms with Crippen molar-refractivity contribution in [2.45, 2.75) is 54.9 Å². The number of hydrogen-bond acceptors (Lipinski definition) is 2. The molecule has 118 valence electrons. The van der Waals surface area contributed by atoms with Gasteiger partial charge in [0.2, 0.25) is 0 Å². The Hall–Kier alpha value is -1.51. The van der Waals surface area contributed by atoms with Gasteiger partial charge in [-0.25, -0.2) is 4.79 Å². The number of aliphatic hydroxyl groups excluding tert-OH is 1. The highest BCUT2D eigenvalue weighted by Crippen LogP contribution is 2.44. The summed E-state index contributed by atoms with van der Waals surface area (Å²) < 4.78 is 0. The van der Waals surface area contributed by atoms with Crippen LogP contribution in [0.1, 0.15) is 54.9 Å². The fourth-order valence-corrected chi connectivity index (χ4v) is 2.61. The molecule has 1 aliphatic carbocycles. The number of allylic oxidation sites excluding steroid dienone is 4. The van der Waals surface area contributed by atoms with Crippen LogP contribution in [0.5, 0.6) is 0 Å². The minimum absolute atomic E-state index is 0.0143. The molecule has 0 aromatic heterocycles. The SMILES string of the molecule is CC(=CC1C=C(C(C)(C)C)C(O)=C(C(C)(C)C)C1)C(=O)O. The Morgan fingerprint density at radius 2 is 1.71 bits per heavy atom. The fraction of sp³-hybridized carbons (Fsp3) is 0.611. The molecule has 3 nitrogen and oxygen atoms in total. The minimum Gasteiger partial charge on any atom is -0.508 e. The molecular weight excluding hydrogens is 264 g/mol. The summed E-state index contributed by atoms with van der Waals surface area (Å²) in [5.41, 5.74) is 1.93. The third-order valence-electron chi connectivity index (χ3n) is 3.88. The van der Waals surface area contributed by atoms with Gasteiger partial charge in [-0.15, -0.1) is 0 Å². The summed E-state index contributed by atoms with van der Waals surface area (Å²) in [6, 6.07) is 0. The van der Waals surface area contributed by atoms with Gasteiger partial charge in [-0.1, -0.05) is 53.7 Å². The quantitative estimate of drug-likeness (QED) is 0.714. The van der Waals surface area contributed by atoms with Crippen LogP contribution in [0.4, 0.5) is 0 Å². The van der Waals surface area contributed by atoms with E-state index in [4.69, 9.17) is 5.11 Å². The number of aliphatic carboxylic acids is 1. The number of carboxylic acid groups (broad SMARTS) is 1. The van der Waals surface area contributed by atoms with Crippen LogP contribution >= 0.6 is 0 Å². The molecule has 0 bridgehead atoms. The van der Waals surface area contributed by atoms with E-state index in [0.717, 1.165) is 11.1 Å². The zero-order valence-corrected chi connectivity index (χ0v) is 14.2. The molecule has 0 aromatic carbocycles. The zero-order chi connectivity index (χ0) is 16.6. The number of rotatable bonds is 2. The third kappa shape index (κ3) is 4.23. The summed E-state index contributed by atoms with van der Waals surface area (Å²) in [5.74, 6) is -0.495. The van der Waals surface area contributed by atoms with Gasteiger partial charge in [0.05, 0.1) is 0 Å². The van der Waals surface area contributed by atoms with Crippen molar-refractivity contribution in [2.75, 3.05) is 0 Å². The van der Waals surface area contributed by atoms with Crippen LogP contribution in [0.25, 0.3) is 0 Å². The molecule has 0 spiro atoms. The van der Waals surface area contributed by atoms with E-state index in [1.165, 1.54) is 0 Å². The van der Waals surface area contributed by atoms with Gasteiger partial charge >= 0.3 is 5.97 Å². The van der Waals surface area contributed by atoms with Gasteiger partial charge in [0.1, 0.15) is 5.76 Å². The highest BCUT2D eigenvalue weighted by molar-refractivity contribution is 5.85. The summed E-state index contributed by atoms with van der Waals surface area (Å²) in [4.78, 5) is 11.0. The van der Waals surface area contributed by atoms with Crippen molar-refractivity contribution < 1.29 is 15.0 Å². The maximum atomic E-state index is 11.0. The Kier molecular flexibility index (Phi) is 4.76. The molecule has 0 fully saturated rings. The van der Waals surface area contributed by atoms with E-state index in [1.807, 2.05) is 6.08 Å². The molecule has 0 heterocycles. The van der Waals surface area contributed by atoms with E-state index in [1.54, 1.807) is 13.0 Å². The Morgan fingerprint density at radius 1 is 1.19 bits per heavy atom. The first kappa shape index (κ1) is 17.5. The lowest BCUT2D eigenvalue weighted by molar-refractivity contribution is -0.132. The molecule has 0 aromatic rings. The molecule has 21 heavy (non-hydrogen) atoms. The standard InChI is InChI=1S/C18H28O3/c1-11(16(20)21)8-12-9-13(17(2,3)4)15(19)14(10-12)18(5,6)7/h8-9,12,19H,10H2,1-7H3,(H,20,21). The van der Waals surface area contributed by atoms with Crippen molar-refractivity contribution in [1.82, 2.24) is 0 Å². The van der Waals surface area contributed by atoms with Crippen LogP contribution in [0.3, 0.4) is 0 Å². The summed E-state index contributed by atoms with van der Waals surface area (Å²) in [6.45, 7) is 14.0. The third-order valence-corrected chi connectivity index (χ3v) is 3.88. The van der Waals surface area contributed by atoms with E-state index in [2.05, 4.69) is 41.5 Å². The van der Waals surface area contributed by atoms with Gasteiger partial charge in [-0.2, -0.15) is 0 Å². The van der Waals surface area contributed by atoms with Gasteiger partial charge < -0.3 is 10.2 Å². The first-order valence-corrected chi connectivity index (χ1v) is 7.41. The lowest BCUT2D eigenvalue weighted by atomic mass is 9.71. The molecule has 0 saturated heterocycles. The normalized spacial score (nSPS) is 21.4. The highest BCUT2D eigenvalue weighted by Gasteiger charge is 2.33. The van der Waals surface area contributed by atoms with E-state index >= 15 is 0 Å². The van der Waals surface area contributed by atoms with Crippen molar-refractivity contribution in [3.63, 3.8) is 0 Å². The maximum absolute atomic E-state index is 11.0. The predicted octanol–water partition coefficient (Wildman–Crippen LogP) is 4.87. The van der Waals surface area contributed by atoms with Crippen LogP contribution in [-0.4, -0.2) is 16.2 Å². The second-order valence-corrected chi connectivity index (χ2v) is 7.93. The Bertz CT molecular complexity index is 520. The van der Waals surface area contributed by atoms with Crippen molar-refractivity contribution in [3.05, 3.63) is 34.6 Å². The van der Waals surface area contributed by atoms with Crippen LogP contribution in [0.2, 0.25) is 0 Å². The fourth-order valence-electron chi connectivity index (χ4n) is 2.61. The second-order valence-electron chi connectivity index (χ2n) is 7.93. The zero-order valence-electron chi connectivity index (χ0n) is 14.2. The van der Waals surface area contributed by atoms with E-state index in [0.29, 0.717) is 17.8 Å². The van der Waals surface area contributed by atoms with Crippen LogP contribution < -0.4 is 0 Å². The summed E-state index contributed by atoms with van der Waals surface area (Å²) in [5, 5.41) is 19.7. The van der Waals surface area contributed by atoms with Crippen LogP contribution in [-0.2, 0) is 4.79 Å². The Balaban J connectivity index is 3.35. The van der Waals surface area contributed by atoms with Crippen molar-refractivity contribution >= 4 is 5.97 Å². The maximum Gasteiger partial charge on any atom is 0.330 e. The van der Waals surface area contributed by atoms with Gasteiger partial charge in [-0.3, -0.25) is 0 Å². The average molecular weight is 292 g/mol. The molecule has 0 aliphatic heterocycles. The van der Waals surface area contributed by atoms with E-state index in [-0.39, 0.29) is 16.7 Å². The van der Waals surface area contributed by atoms with E-state index in [9.17, 15) is 9.90 Å². The predicted molar refractivity (Wildman–Crippen MR) is 86.1 cm³/mol. The summed E-state index contributed by atoms with van der Waals surface area (Å²) in [7, 11) is 0. The van der Waals surface area contributed by atoms with Crippen molar-refractivity contribution in [2.24, 2.45) is 16.7 Å². The molecule has 0 radical (unpaired) electrons. The Labute approximate surface area is 128 Å². The number of hydrogen-bond donors (Lipinski definition) is 2. The van der Waals surface area contributed by atoms with Crippen molar-refractivity contribution in [1.29, 1.82) is 0 Å². The van der Waals surface area contributed by atoms with Gasteiger partial charge in [-0.05, 0) is 35.3 Å². The second kappa shape index (κ2) is 5.70.